The average molecular weight is 425 g/mol. The summed E-state index contributed by atoms with van der Waals surface area (Å²) in [6.45, 7) is 0. The highest BCUT2D eigenvalue weighted by molar-refractivity contribution is 6.30. The van der Waals surface area contributed by atoms with Crippen molar-refractivity contribution >= 4 is 34.8 Å². The number of rotatable bonds is 7. The van der Waals surface area contributed by atoms with Crippen LogP contribution in [0.1, 0.15) is 15.9 Å². The fraction of sp³-hybridized carbons (Fsp3) is 0. The first-order valence-electron chi connectivity index (χ1n) is 8.52. The number of nitrogens with zero attached hydrogens (tertiary/aromatic N) is 2. The Kier molecular flexibility index (Phi) is 6.19. The summed E-state index contributed by atoms with van der Waals surface area (Å²) in [6, 6.07) is 17.0. The number of ketones is 1. The monoisotopic (exact) mass is 424 g/mol. The number of ether oxygens (including phenoxy) is 1. The lowest BCUT2D eigenvalue weighted by atomic mass is 10.1. The van der Waals surface area contributed by atoms with Gasteiger partial charge in [0, 0.05) is 34.9 Å². The molecule has 0 aromatic heterocycles. The number of Topliss-reactive ketones (excluding diaryl/α,β-unsaturated/α-hetero) is 1. The highest BCUT2D eigenvalue weighted by Gasteiger charge is 2.16. The topological polar surface area (TPSA) is 113 Å². The standard InChI is InChI=1S/C21H13ClN2O6/c22-16-5-3-15(4-6-16)21(25)20(13-14-1-7-17(8-2-14)23(26)27)30-19-11-9-18(10-12-19)24(28)29/h1-13H/b20-13+. The van der Waals surface area contributed by atoms with Crippen LogP contribution in [0.2, 0.25) is 5.02 Å². The number of hydrogen-bond donors (Lipinski definition) is 0. The van der Waals surface area contributed by atoms with Crippen molar-refractivity contribution in [1.29, 1.82) is 0 Å². The van der Waals surface area contributed by atoms with Crippen LogP contribution in [0, 0.1) is 20.2 Å². The lowest BCUT2D eigenvalue weighted by Crippen LogP contribution is -2.09. The van der Waals surface area contributed by atoms with E-state index in [0.717, 1.165) is 0 Å². The zero-order chi connectivity index (χ0) is 21.7. The second-order valence-electron chi connectivity index (χ2n) is 6.05. The molecule has 0 saturated heterocycles. The minimum absolute atomic E-state index is 0.0694. The number of carbonyl (C=O) groups is 1. The SMILES string of the molecule is O=C(/C(=C\c1ccc([N+](=O)[O-])cc1)Oc1ccc([N+](=O)[O-])cc1)c1ccc(Cl)cc1. The molecule has 0 amide bonds. The van der Waals surface area contributed by atoms with Crippen LogP contribution in [0.4, 0.5) is 11.4 Å². The van der Waals surface area contributed by atoms with Crippen molar-refractivity contribution in [3.8, 4) is 5.75 Å². The van der Waals surface area contributed by atoms with Gasteiger partial charge in [0.15, 0.2) is 5.76 Å². The summed E-state index contributed by atoms with van der Waals surface area (Å²) in [5.41, 5.74) is 0.607. The molecule has 0 aliphatic carbocycles. The molecule has 0 heterocycles. The normalized spacial score (nSPS) is 11.0. The van der Waals surface area contributed by atoms with Crippen LogP contribution in [-0.4, -0.2) is 15.6 Å². The van der Waals surface area contributed by atoms with E-state index in [2.05, 4.69) is 0 Å². The molecule has 3 rings (SSSR count). The predicted molar refractivity (Wildman–Crippen MR) is 111 cm³/mol. The molecule has 3 aromatic rings. The van der Waals surface area contributed by atoms with Gasteiger partial charge in [-0.25, -0.2) is 0 Å². The summed E-state index contributed by atoms with van der Waals surface area (Å²) < 4.78 is 5.70. The molecule has 0 aliphatic heterocycles. The Hall–Kier alpha value is -4.04. The number of allylic oxidation sites excluding steroid dienone is 1. The van der Waals surface area contributed by atoms with Crippen molar-refractivity contribution in [3.05, 3.63) is 115 Å². The van der Waals surface area contributed by atoms with Crippen LogP contribution in [0.3, 0.4) is 0 Å². The molecule has 0 unspecified atom stereocenters. The molecule has 0 aliphatic rings. The van der Waals surface area contributed by atoms with Crippen molar-refractivity contribution in [2.45, 2.75) is 0 Å². The number of carbonyl (C=O) groups excluding carboxylic acids is 1. The first-order chi connectivity index (χ1) is 14.3. The second-order valence-corrected chi connectivity index (χ2v) is 6.48. The van der Waals surface area contributed by atoms with Gasteiger partial charge in [-0.2, -0.15) is 0 Å². The second kappa shape index (κ2) is 8.97. The molecule has 0 saturated carbocycles. The molecule has 9 heteroatoms. The summed E-state index contributed by atoms with van der Waals surface area (Å²) >= 11 is 5.87. The van der Waals surface area contributed by atoms with Gasteiger partial charge < -0.3 is 4.74 Å². The molecular weight excluding hydrogens is 412 g/mol. The van der Waals surface area contributed by atoms with Gasteiger partial charge in [0.05, 0.1) is 9.85 Å². The first-order valence-corrected chi connectivity index (χ1v) is 8.90. The number of non-ortho nitro benzene ring substituents is 2. The summed E-state index contributed by atoms with van der Waals surface area (Å²) in [6.07, 6.45) is 1.43. The van der Waals surface area contributed by atoms with Crippen LogP contribution < -0.4 is 4.74 Å². The highest BCUT2D eigenvalue weighted by atomic mass is 35.5. The molecule has 150 valence electrons. The van der Waals surface area contributed by atoms with E-state index in [-0.39, 0.29) is 22.9 Å². The summed E-state index contributed by atoms with van der Waals surface area (Å²) in [4.78, 5) is 33.5. The van der Waals surface area contributed by atoms with Gasteiger partial charge in [-0.05, 0) is 60.2 Å². The van der Waals surface area contributed by atoms with Crippen molar-refractivity contribution in [3.63, 3.8) is 0 Å². The maximum atomic E-state index is 13.0. The zero-order valence-electron chi connectivity index (χ0n) is 15.2. The molecule has 3 aromatic carbocycles. The molecule has 0 N–H and O–H groups in total. The Balaban J connectivity index is 1.96. The average Bonchev–Trinajstić information content (AvgIpc) is 2.74. The van der Waals surface area contributed by atoms with Crippen LogP contribution in [-0.2, 0) is 0 Å². The summed E-state index contributed by atoms with van der Waals surface area (Å²) in [5, 5.41) is 22.1. The highest BCUT2D eigenvalue weighted by Crippen LogP contribution is 2.23. The number of nitro groups is 2. The fourth-order valence-electron chi connectivity index (χ4n) is 2.49. The Morgan fingerprint density at radius 2 is 1.30 bits per heavy atom. The first kappa shape index (κ1) is 20.7. The lowest BCUT2D eigenvalue weighted by molar-refractivity contribution is -0.385. The van der Waals surface area contributed by atoms with Crippen LogP contribution >= 0.6 is 11.6 Å². The van der Waals surface area contributed by atoms with E-state index in [0.29, 0.717) is 16.1 Å². The van der Waals surface area contributed by atoms with Crippen molar-refractivity contribution in [1.82, 2.24) is 0 Å². The minimum atomic E-state index is -0.545. The molecule has 8 nitrogen and oxygen atoms in total. The van der Waals surface area contributed by atoms with E-state index in [1.807, 2.05) is 0 Å². The third-order valence-electron chi connectivity index (χ3n) is 4.01. The summed E-state index contributed by atoms with van der Waals surface area (Å²) in [7, 11) is 0. The predicted octanol–water partition coefficient (Wildman–Crippen LogP) is 5.46. The van der Waals surface area contributed by atoms with Gasteiger partial charge in [0.1, 0.15) is 5.75 Å². The number of benzene rings is 3. The van der Waals surface area contributed by atoms with E-state index >= 15 is 0 Å². The van der Waals surface area contributed by atoms with Crippen LogP contribution in [0.25, 0.3) is 6.08 Å². The van der Waals surface area contributed by atoms with E-state index in [4.69, 9.17) is 16.3 Å². The zero-order valence-corrected chi connectivity index (χ0v) is 16.0. The Morgan fingerprint density at radius 3 is 1.80 bits per heavy atom. The summed E-state index contributed by atoms with van der Waals surface area (Å²) in [5.74, 6) is -0.306. The largest absolute Gasteiger partial charge is 0.453 e. The van der Waals surface area contributed by atoms with Crippen molar-refractivity contribution in [2.24, 2.45) is 0 Å². The Morgan fingerprint density at radius 1 is 0.800 bits per heavy atom. The number of halogens is 1. The third-order valence-corrected chi connectivity index (χ3v) is 4.26. The van der Waals surface area contributed by atoms with E-state index < -0.39 is 15.6 Å². The molecule has 0 fully saturated rings. The molecule has 0 spiro atoms. The molecule has 0 radical (unpaired) electrons. The van der Waals surface area contributed by atoms with E-state index in [1.54, 1.807) is 12.1 Å². The van der Waals surface area contributed by atoms with Crippen LogP contribution in [0.5, 0.6) is 5.75 Å². The third kappa shape index (κ3) is 5.06. The Bertz CT molecular complexity index is 1120. The maximum Gasteiger partial charge on any atom is 0.269 e. The minimum Gasteiger partial charge on any atom is -0.453 e. The van der Waals surface area contributed by atoms with Crippen molar-refractivity contribution in [2.75, 3.05) is 0 Å². The van der Waals surface area contributed by atoms with Gasteiger partial charge in [-0.1, -0.05) is 11.6 Å². The molecular formula is C21H13ClN2O6. The van der Waals surface area contributed by atoms with Gasteiger partial charge in [-0.15, -0.1) is 0 Å². The lowest BCUT2D eigenvalue weighted by Gasteiger charge is -2.10. The number of nitro benzene ring substituents is 2. The van der Waals surface area contributed by atoms with Gasteiger partial charge in [0.2, 0.25) is 5.78 Å². The van der Waals surface area contributed by atoms with Crippen LogP contribution in [0.15, 0.2) is 78.6 Å². The van der Waals surface area contributed by atoms with Gasteiger partial charge in [0.25, 0.3) is 11.4 Å². The van der Waals surface area contributed by atoms with E-state index in [1.165, 1.54) is 66.7 Å². The quantitative estimate of drug-likeness (QED) is 0.163. The number of hydrogen-bond acceptors (Lipinski definition) is 6. The van der Waals surface area contributed by atoms with Gasteiger partial charge >= 0.3 is 0 Å². The van der Waals surface area contributed by atoms with E-state index in [9.17, 15) is 25.0 Å². The molecule has 0 bridgehead atoms. The van der Waals surface area contributed by atoms with Crippen molar-refractivity contribution < 1.29 is 19.4 Å². The fourth-order valence-corrected chi connectivity index (χ4v) is 2.62. The molecule has 0 atom stereocenters. The smallest absolute Gasteiger partial charge is 0.269 e. The Labute approximate surface area is 175 Å². The molecule has 30 heavy (non-hydrogen) atoms. The van der Waals surface area contributed by atoms with Gasteiger partial charge in [-0.3, -0.25) is 25.0 Å². The maximum absolute atomic E-state index is 13.0.